The Morgan fingerprint density at radius 3 is 2.38 bits per heavy atom. The molecule has 0 saturated carbocycles. The molecule has 0 heteroatoms. The minimum absolute atomic E-state index is 1.10. The van der Waals surface area contributed by atoms with Crippen LogP contribution in [0.25, 0.3) is 5.57 Å². The highest BCUT2D eigenvalue weighted by atomic mass is 14.1. The largest absolute Gasteiger partial charge is 0.0955 e. The molecular weight excluding hydrogens is 156 g/mol. The monoisotopic (exact) mass is 174 g/mol. The molecule has 0 nitrogen and oxygen atoms in total. The number of hydrogen-bond acceptors (Lipinski definition) is 0. The highest BCUT2D eigenvalue weighted by molar-refractivity contribution is 5.68. The van der Waals surface area contributed by atoms with Gasteiger partial charge in [-0.15, -0.1) is 0 Å². The third-order valence-corrected chi connectivity index (χ3v) is 2.59. The third kappa shape index (κ3) is 1.82. The normalized spacial score (nSPS) is 10.2. The standard InChI is InChI=1S/C13H18/c1-6-12-8-7-10(4)13(9(2)3)11(12)5/h7-8H,2,6H2,1,3-5H3. The van der Waals surface area contributed by atoms with Gasteiger partial charge < -0.3 is 0 Å². The average molecular weight is 174 g/mol. The van der Waals surface area contributed by atoms with Gasteiger partial charge in [-0.2, -0.15) is 0 Å². The van der Waals surface area contributed by atoms with Crippen LogP contribution in [0, 0.1) is 13.8 Å². The molecule has 0 radical (unpaired) electrons. The van der Waals surface area contributed by atoms with E-state index in [0.29, 0.717) is 0 Å². The number of benzene rings is 1. The van der Waals surface area contributed by atoms with Crippen LogP contribution in [0.1, 0.15) is 36.1 Å². The van der Waals surface area contributed by atoms with Crippen LogP contribution in [0.5, 0.6) is 0 Å². The summed E-state index contributed by atoms with van der Waals surface area (Å²) in [5.41, 5.74) is 6.69. The Kier molecular flexibility index (Phi) is 2.92. The van der Waals surface area contributed by atoms with E-state index in [1.807, 2.05) is 0 Å². The second kappa shape index (κ2) is 3.78. The van der Waals surface area contributed by atoms with Crippen LogP contribution >= 0.6 is 0 Å². The predicted molar refractivity (Wildman–Crippen MR) is 60.0 cm³/mol. The molecule has 0 spiro atoms. The van der Waals surface area contributed by atoms with Crippen LogP contribution in [-0.4, -0.2) is 0 Å². The Labute approximate surface area is 81.3 Å². The fraction of sp³-hybridized carbons (Fsp3) is 0.385. The Morgan fingerprint density at radius 2 is 1.92 bits per heavy atom. The molecular formula is C13H18. The average Bonchev–Trinajstić information content (AvgIpc) is 2.04. The van der Waals surface area contributed by atoms with Crippen molar-refractivity contribution in [3.05, 3.63) is 41.0 Å². The van der Waals surface area contributed by atoms with E-state index < -0.39 is 0 Å². The van der Waals surface area contributed by atoms with E-state index in [1.165, 1.54) is 27.8 Å². The lowest BCUT2D eigenvalue weighted by Gasteiger charge is -2.13. The zero-order valence-corrected chi connectivity index (χ0v) is 9.07. The maximum Gasteiger partial charge on any atom is -0.0172 e. The molecule has 0 fully saturated rings. The summed E-state index contributed by atoms with van der Waals surface area (Å²) in [4.78, 5) is 0. The molecule has 0 unspecified atom stereocenters. The maximum absolute atomic E-state index is 4.02. The quantitative estimate of drug-likeness (QED) is 0.638. The lowest BCUT2D eigenvalue weighted by molar-refractivity contribution is 1.10. The molecule has 0 heterocycles. The van der Waals surface area contributed by atoms with E-state index in [4.69, 9.17) is 0 Å². The first-order valence-electron chi connectivity index (χ1n) is 4.82. The Hall–Kier alpha value is -1.04. The van der Waals surface area contributed by atoms with Crippen molar-refractivity contribution in [3.63, 3.8) is 0 Å². The van der Waals surface area contributed by atoms with Crippen molar-refractivity contribution in [1.29, 1.82) is 0 Å². The molecule has 0 N–H and O–H groups in total. The van der Waals surface area contributed by atoms with Crippen LogP contribution in [0.2, 0.25) is 0 Å². The molecule has 0 bridgehead atoms. The van der Waals surface area contributed by atoms with E-state index >= 15 is 0 Å². The van der Waals surface area contributed by atoms with Crippen LogP contribution in [0.3, 0.4) is 0 Å². The smallest absolute Gasteiger partial charge is 0.0172 e. The number of allylic oxidation sites excluding steroid dienone is 1. The minimum atomic E-state index is 1.10. The first kappa shape index (κ1) is 10.0. The first-order valence-corrected chi connectivity index (χ1v) is 4.82. The van der Waals surface area contributed by atoms with Gasteiger partial charge in [0, 0.05) is 0 Å². The first-order chi connectivity index (χ1) is 6.07. The van der Waals surface area contributed by atoms with E-state index in [2.05, 4.69) is 46.4 Å². The number of aryl methyl sites for hydroxylation is 2. The Balaban J connectivity index is 3.38. The van der Waals surface area contributed by atoms with Gasteiger partial charge in [-0.05, 0) is 49.4 Å². The van der Waals surface area contributed by atoms with Crippen LogP contribution in [0.15, 0.2) is 18.7 Å². The molecule has 1 aromatic carbocycles. The van der Waals surface area contributed by atoms with Gasteiger partial charge >= 0.3 is 0 Å². The van der Waals surface area contributed by atoms with Crippen molar-refractivity contribution >= 4 is 5.57 Å². The van der Waals surface area contributed by atoms with Crippen molar-refractivity contribution in [1.82, 2.24) is 0 Å². The SMILES string of the molecule is C=C(C)c1c(C)ccc(CC)c1C. The molecule has 0 atom stereocenters. The lowest BCUT2D eigenvalue weighted by atomic mass is 9.93. The van der Waals surface area contributed by atoms with E-state index in [-0.39, 0.29) is 0 Å². The second-order valence-corrected chi connectivity index (χ2v) is 3.68. The molecule has 0 aromatic heterocycles. The van der Waals surface area contributed by atoms with Crippen LogP contribution in [-0.2, 0) is 6.42 Å². The molecule has 1 aromatic rings. The van der Waals surface area contributed by atoms with Crippen LogP contribution < -0.4 is 0 Å². The van der Waals surface area contributed by atoms with Gasteiger partial charge in [0.05, 0.1) is 0 Å². The highest BCUT2D eigenvalue weighted by Crippen LogP contribution is 2.24. The number of rotatable bonds is 2. The Bertz CT molecular complexity index is 332. The van der Waals surface area contributed by atoms with E-state index in [9.17, 15) is 0 Å². The summed E-state index contributed by atoms with van der Waals surface area (Å²) in [5.74, 6) is 0. The molecule has 0 aliphatic rings. The summed E-state index contributed by atoms with van der Waals surface area (Å²) >= 11 is 0. The fourth-order valence-corrected chi connectivity index (χ4v) is 1.93. The molecule has 70 valence electrons. The zero-order valence-electron chi connectivity index (χ0n) is 9.07. The summed E-state index contributed by atoms with van der Waals surface area (Å²) in [7, 11) is 0. The maximum atomic E-state index is 4.02. The summed E-state index contributed by atoms with van der Waals surface area (Å²) in [6, 6.07) is 4.41. The van der Waals surface area contributed by atoms with Gasteiger partial charge in [0.1, 0.15) is 0 Å². The summed E-state index contributed by atoms with van der Waals surface area (Å²) in [5, 5.41) is 0. The second-order valence-electron chi connectivity index (χ2n) is 3.68. The molecule has 0 aliphatic carbocycles. The van der Waals surface area contributed by atoms with Crippen molar-refractivity contribution in [3.8, 4) is 0 Å². The third-order valence-electron chi connectivity index (χ3n) is 2.59. The van der Waals surface area contributed by atoms with Gasteiger partial charge in [0.2, 0.25) is 0 Å². The summed E-state index contributed by atoms with van der Waals surface area (Å²) in [6.07, 6.45) is 1.10. The van der Waals surface area contributed by atoms with Gasteiger partial charge in [-0.3, -0.25) is 0 Å². The molecule has 0 amide bonds. The summed E-state index contributed by atoms with van der Waals surface area (Å²) < 4.78 is 0. The fourth-order valence-electron chi connectivity index (χ4n) is 1.93. The van der Waals surface area contributed by atoms with Crippen LogP contribution in [0.4, 0.5) is 0 Å². The van der Waals surface area contributed by atoms with Gasteiger partial charge in [-0.25, -0.2) is 0 Å². The summed E-state index contributed by atoms with van der Waals surface area (Å²) in [6.45, 7) is 12.6. The van der Waals surface area contributed by atoms with Gasteiger partial charge in [0.25, 0.3) is 0 Å². The zero-order chi connectivity index (χ0) is 10.0. The highest BCUT2D eigenvalue weighted by Gasteiger charge is 2.06. The molecule has 13 heavy (non-hydrogen) atoms. The van der Waals surface area contributed by atoms with Crippen molar-refractivity contribution < 1.29 is 0 Å². The van der Waals surface area contributed by atoms with E-state index in [0.717, 1.165) is 6.42 Å². The lowest BCUT2D eigenvalue weighted by Crippen LogP contribution is -1.95. The van der Waals surface area contributed by atoms with Crippen molar-refractivity contribution in [2.45, 2.75) is 34.1 Å². The Morgan fingerprint density at radius 1 is 1.31 bits per heavy atom. The van der Waals surface area contributed by atoms with E-state index in [1.54, 1.807) is 0 Å². The topological polar surface area (TPSA) is 0 Å². The van der Waals surface area contributed by atoms with Crippen molar-refractivity contribution in [2.24, 2.45) is 0 Å². The number of hydrogen-bond donors (Lipinski definition) is 0. The van der Waals surface area contributed by atoms with Gasteiger partial charge in [-0.1, -0.05) is 31.2 Å². The minimum Gasteiger partial charge on any atom is -0.0955 e. The predicted octanol–water partition coefficient (Wildman–Crippen LogP) is 3.90. The van der Waals surface area contributed by atoms with Gasteiger partial charge in [0.15, 0.2) is 0 Å². The molecule has 0 aliphatic heterocycles. The molecule has 1 rings (SSSR count). The molecule has 0 saturated heterocycles. The van der Waals surface area contributed by atoms with Crippen molar-refractivity contribution in [2.75, 3.05) is 0 Å².